The molecule has 0 unspecified atom stereocenters. The predicted octanol–water partition coefficient (Wildman–Crippen LogP) is -0.593. The molecule has 18 heavy (non-hydrogen) atoms. The summed E-state index contributed by atoms with van der Waals surface area (Å²) in [7, 11) is 1.86. The van der Waals surface area contributed by atoms with Crippen LogP contribution in [0.15, 0.2) is 6.20 Å². The largest absolute Gasteiger partial charge is 0.481 e. The molecule has 0 saturated carbocycles. The van der Waals surface area contributed by atoms with Crippen LogP contribution in [0.5, 0.6) is 0 Å². The number of carboxylic acids is 1. The van der Waals surface area contributed by atoms with Crippen molar-refractivity contribution in [3.05, 3.63) is 11.9 Å². The van der Waals surface area contributed by atoms with Gasteiger partial charge < -0.3 is 10.0 Å². The lowest BCUT2D eigenvalue weighted by molar-refractivity contribution is -0.137. The SMILES string of the molecule is Cn1cc(CN2CCN(CCC(=O)O)CC2)nn1. The molecule has 0 bridgehead atoms. The summed E-state index contributed by atoms with van der Waals surface area (Å²) >= 11 is 0. The zero-order chi connectivity index (χ0) is 13.0. The summed E-state index contributed by atoms with van der Waals surface area (Å²) in [6.45, 7) is 5.22. The first kappa shape index (κ1) is 13.0. The first-order valence-corrected chi connectivity index (χ1v) is 6.15. The van der Waals surface area contributed by atoms with Crippen molar-refractivity contribution in [2.24, 2.45) is 7.05 Å². The second kappa shape index (κ2) is 5.92. The Kier molecular flexibility index (Phi) is 4.27. The van der Waals surface area contributed by atoms with Crippen molar-refractivity contribution in [2.75, 3.05) is 32.7 Å². The average Bonchev–Trinajstić information content (AvgIpc) is 2.74. The monoisotopic (exact) mass is 253 g/mol. The highest BCUT2D eigenvalue weighted by atomic mass is 16.4. The summed E-state index contributed by atoms with van der Waals surface area (Å²) in [4.78, 5) is 15.0. The summed E-state index contributed by atoms with van der Waals surface area (Å²) in [5, 5.41) is 16.6. The highest BCUT2D eigenvalue weighted by molar-refractivity contribution is 5.66. The minimum absolute atomic E-state index is 0.226. The van der Waals surface area contributed by atoms with Crippen LogP contribution in [-0.2, 0) is 18.4 Å². The Morgan fingerprint density at radius 3 is 2.56 bits per heavy atom. The maximum atomic E-state index is 10.5. The number of piperazine rings is 1. The van der Waals surface area contributed by atoms with E-state index in [4.69, 9.17) is 5.11 Å². The first-order chi connectivity index (χ1) is 8.63. The fourth-order valence-corrected chi connectivity index (χ4v) is 2.12. The molecule has 100 valence electrons. The highest BCUT2D eigenvalue weighted by Gasteiger charge is 2.18. The minimum Gasteiger partial charge on any atom is -0.481 e. The minimum atomic E-state index is -0.725. The Morgan fingerprint density at radius 2 is 2.00 bits per heavy atom. The van der Waals surface area contributed by atoms with E-state index < -0.39 is 5.97 Å². The van der Waals surface area contributed by atoms with Gasteiger partial charge in [-0.2, -0.15) is 0 Å². The van der Waals surface area contributed by atoms with Crippen LogP contribution in [0.1, 0.15) is 12.1 Å². The fraction of sp³-hybridized carbons (Fsp3) is 0.727. The lowest BCUT2D eigenvalue weighted by Gasteiger charge is -2.33. The van der Waals surface area contributed by atoms with Gasteiger partial charge in [0.15, 0.2) is 0 Å². The summed E-state index contributed by atoms with van der Waals surface area (Å²) in [5.74, 6) is -0.725. The molecule has 1 saturated heterocycles. The van der Waals surface area contributed by atoms with E-state index in [-0.39, 0.29) is 6.42 Å². The van der Waals surface area contributed by atoms with Crippen molar-refractivity contribution in [1.29, 1.82) is 0 Å². The Morgan fingerprint density at radius 1 is 1.33 bits per heavy atom. The lowest BCUT2D eigenvalue weighted by Crippen LogP contribution is -2.46. The number of aromatic nitrogens is 3. The molecule has 1 aliphatic heterocycles. The van der Waals surface area contributed by atoms with Gasteiger partial charge in [-0.05, 0) is 0 Å². The summed E-state index contributed by atoms with van der Waals surface area (Å²) < 4.78 is 1.71. The summed E-state index contributed by atoms with van der Waals surface area (Å²) in [5.41, 5.74) is 0.983. The predicted molar refractivity (Wildman–Crippen MR) is 65.0 cm³/mol. The number of hydrogen-bond donors (Lipinski definition) is 1. The van der Waals surface area contributed by atoms with Crippen LogP contribution in [0.3, 0.4) is 0 Å². The number of hydrogen-bond acceptors (Lipinski definition) is 5. The molecule has 2 rings (SSSR count). The smallest absolute Gasteiger partial charge is 0.304 e. The molecule has 1 N–H and O–H groups in total. The van der Waals surface area contributed by atoms with Gasteiger partial charge in [0.1, 0.15) is 0 Å². The zero-order valence-corrected chi connectivity index (χ0v) is 10.6. The van der Waals surface area contributed by atoms with Gasteiger partial charge in [-0.3, -0.25) is 14.4 Å². The Bertz CT molecular complexity index is 398. The Hall–Kier alpha value is -1.47. The van der Waals surface area contributed by atoms with Crippen molar-refractivity contribution in [3.8, 4) is 0 Å². The second-order valence-electron chi connectivity index (χ2n) is 4.65. The molecule has 1 aromatic heterocycles. The third-order valence-corrected chi connectivity index (χ3v) is 3.14. The topological polar surface area (TPSA) is 74.5 Å². The zero-order valence-electron chi connectivity index (χ0n) is 10.6. The highest BCUT2D eigenvalue weighted by Crippen LogP contribution is 2.06. The third kappa shape index (κ3) is 3.78. The molecule has 7 nitrogen and oxygen atoms in total. The van der Waals surface area contributed by atoms with Crippen LogP contribution >= 0.6 is 0 Å². The van der Waals surface area contributed by atoms with E-state index in [1.165, 1.54) is 0 Å². The van der Waals surface area contributed by atoms with Gasteiger partial charge in [0, 0.05) is 52.5 Å². The maximum absolute atomic E-state index is 10.5. The van der Waals surface area contributed by atoms with Crippen molar-refractivity contribution in [3.63, 3.8) is 0 Å². The normalized spacial score (nSPS) is 18.1. The number of nitrogens with zero attached hydrogens (tertiary/aromatic N) is 5. The number of carbonyl (C=O) groups is 1. The molecule has 1 aromatic rings. The first-order valence-electron chi connectivity index (χ1n) is 6.15. The van der Waals surface area contributed by atoms with Crippen LogP contribution < -0.4 is 0 Å². The molecule has 0 aliphatic carbocycles. The lowest BCUT2D eigenvalue weighted by atomic mass is 10.2. The van der Waals surface area contributed by atoms with Gasteiger partial charge in [0.2, 0.25) is 0 Å². The van der Waals surface area contributed by atoms with Crippen molar-refractivity contribution in [1.82, 2.24) is 24.8 Å². The van der Waals surface area contributed by atoms with Crippen LogP contribution in [-0.4, -0.2) is 68.6 Å². The van der Waals surface area contributed by atoms with E-state index >= 15 is 0 Å². The van der Waals surface area contributed by atoms with E-state index in [2.05, 4.69) is 20.1 Å². The van der Waals surface area contributed by atoms with Crippen LogP contribution in [0.4, 0.5) is 0 Å². The number of aliphatic carboxylic acids is 1. The molecule has 1 aliphatic rings. The van der Waals surface area contributed by atoms with Gasteiger partial charge in [-0.25, -0.2) is 0 Å². The van der Waals surface area contributed by atoms with E-state index in [0.29, 0.717) is 6.54 Å². The molecule has 0 aromatic carbocycles. The van der Waals surface area contributed by atoms with Crippen molar-refractivity contribution < 1.29 is 9.90 Å². The number of aryl methyl sites for hydroxylation is 1. The molecule has 1 fully saturated rings. The van der Waals surface area contributed by atoms with Crippen LogP contribution in [0.2, 0.25) is 0 Å². The van der Waals surface area contributed by atoms with Crippen LogP contribution in [0, 0.1) is 0 Å². The molecule has 0 radical (unpaired) electrons. The molecule has 0 atom stereocenters. The summed E-state index contributed by atoms with van der Waals surface area (Å²) in [6.07, 6.45) is 2.15. The van der Waals surface area contributed by atoms with Gasteiger partial charge in [0.25, 0.3) is 0 Å². The van der Waals surface area contributed by atoms with Gasteiger partial charge in [0.05, 0.1) is 12.1 Å². The van der Waals surface area contributed by atoms with Crippen molar-refractivity contribution in [2.45, 2.75) is 13.0 Å². The fourth-order valence-electron chi connectivity index (χ4n) is 2.12. The third-order valence-electron chi connectivity index (χ3n) is 3.14. The van der Waals surface area contributed by atoms with E-state index in [0.717, 1.165) is 38.4 Å². The number of rotatable bonds is 5. The second-order valence-corrected chi connectivity index (χ2v) is 4.65. The van der Waals surface area contributed by atoms with Crippen LogP contribution in [0.25, 0.3) is 0 Å². The van der Waals surface area contributed by atoms with Crippen molar-refractivity contribution >= 4 is 5.97 Å². The summed E-state index contributed by atoms with van der Waals surface area (Å²) in [6, 6.07) is 0. The van der Waals surface area contributed by atoms with Gasteiger partial charge in [-0.1, -0.05) is 5.21 Å². The Balaban J connectivity index is 1.71. The van der Waals surface area contributed by atoms with E-state index in [9.17, 15) is 4.79 Å². The number of carboxylic acid groups (broad SMARTS) is 1. The van der Waals surface area contributed by atoms with E-state index in [1.807, 2.05) is 13.2 Å². The molecule has 7 heteroatoms. The van der Waals surface area contributed by atoms with Gasteiger partial charge >= 0.3 is 5.97 Å². The molecule has 0 spiro atoms. The maximum Gasteiger partial charge on any atom is 0.304 e. The molecule has 0 amide bonds. The molecular formula is C11H19N5O2. The molecular weight excluding hydrogens is 234 g/mol. The average molecular weight is 253 g/mol. The van der Waals surface area contributed by atoms with E-state index in [1.54, 1.807) is 4.68 Å². The Labute approximate surface area is 106 Å². The quantitative estimate of drug-likeness (QED) is 0.756. The standard InChI is InChI=1S/C11H19N5O2/c1-14-8-10(12-13-14)9-16-6-4-15(5-7-16)3-2-11(17)18/h8H,2-7,9H2,1H3,(H,17,18). The molecule has 2 heterocycles. The van der Waals surface area contributed by atoms with Gasteiger partial charge in [-0.15, -0.1) is 5.10 Å².